The van der Waals surface area contributed by atoms with Crippen LogP contribution in [0.15, 0.2) is 126 Å². The molecule has 23 heteroatoms. The Morgan fingerprint density at radius 3 is 2.13 bits per heavy atom. The summed E-state index contributed by atoms with van der Waals surface area (Å²) in [5.74, 6) is -3.85. The van der Waals surface area contributed by atoms with E-state index in [0.717, 1.165) is 22.2 Å². The van der Waals surface area contributed by atoms with Crippen molar-refractivity contribution in [3.05, 3.63) is 160 Å². The zero-order chi connectivity index (χ0) is 62.1. The highest BCUT2D eigenvalue weighted by Gasteiger charge is 2.48. The van der Waals surface area contributed by atoms with Crippen LogP contribution in [0.3, 0.4) is 0 Å². The Bertz CT molecular complexity index is 3760. The lowest BCUT2D eigenvalue weighted by Crippen LogP contribution is -2.61. The van der Waals surface area contributed by atoms with Crippen LogP contribution in [0.1, 0.15) is 58.9 Å². The quantitative estimate of drug-likeness (QED) is 0.0133. The van der Waals surface area contributed by atoms with Crippen LogP contribution in [0.2, 0.25) is 0 Å². The van der Waals surface area contributed by atoms with Crippen LogP contribution in [0.5, 0.6) is 5.75 Å². The molecule has 4 amide bonds. The number of carboxylic acid groups (broad SMARTS) is 1. The van der Waals surface area contributed by atoms with Gasteiger partial charge in [-0.25, -0.2) is 9.48 Å². The zero-order valence-corrected chi connectivity index (χ0v) is 48.6. The molecule has 2 saturated heterocycles. The molecule has 0 bridgehead atoms. The minimum absolute atomic E-state index is 0.00146. The highest BCUT2D eigenvalue weighted by Crippen LogP contribution is 2.37. The van der Waals surface area contributed by atoms with Crippen LogP contribution >= 0.6 is 0 Å². The molecule has 2 aromatic heterocycles. The Balaban J connectivity index is 0.877. The Morgan fingerprint density at radius 2 is 1.44 bits per heavy atom. The molecule has 7 aromatic rings. The summed E-state index contributed by atoms with van der Waals surface area (Å²) in [4.78, 5) is 92.7. The number of nitrogens with two attached hydrogens (primary N) is 1. The Hall–Kier alpha value is -8.94. The number of para-hydroxylation sites is 1. The molecule has 456 valence electrons. The third-order valence-corrected chi connectivity index (χ3v) is 15.3. The maximum atomic E-state index is 14.9. The number of aliphatic hydroxyl groups is 3. The van der Waals surface area contributed by atoms with Gasteiger partial charge in [0.2, 0.25) is 41.2 Å². The van der Waals surface area contributed by atoms with Crippen LogP contribution < -0.4 is 31.2 Å². The molecule has 0 saturated carbocycles. The Labute approximate surface area is 500 Å². The molecule has 0 spiro atoms. The maximum Gasteiger partial charge on any atom is 0.335 e. The van der Waals surface area contributed by atoms with Crippen molar-refractivity contribution >= 4 is 57.7 Å². The second-order valence-electron chi connectivity index (χ2n) is 21.4. The van der Waals surface area contributed by atoms with Gasteiger partial charge in [-0.05, 0) is 72.6 Å². The number of aryl methyl sites for hydroxylation is 2. The molecular formula is C64H70N7O16+. The molecular weight excluding hydrogens is 1120 g/mol. The molecule has 87 heavy (non-hydrogen) atoms. The standard InChI is InChI=1S/C64H69N7O16/c1-37-15-20-45(56(75)53-55(41-11-7-5-8-12-41)68(4)71(62(53)80)44-13-9-6-10-14-44)54(65)52(37)43-19-21-47-42(35-43)18-16-39(3)70(47)36-40-17-22-48(86-64-59(78)57(76)58(77)60(87-64)63(81)82)46(34-40)67-50(73)23-25-66-49(72)24-27-83-29-31-85-32-30-84-28-26-69-51(74)33-38(2)61(69)79/h5-22,34-35,38,57-60,64,76-78H,23-33,36H2,1-4H3,(H4-,65,66,67,72,73,75,81,82)/p+1/t38?,57-,58-,59+,60-,64+/m0/s1. The summed E-state index contributed by atoms with van der Waals surface area (Å²) in [5.41, 5.74) is 13.1. The number of likely N-dealkylation sites (tertiary alicyclic amines) is 1. The lowest BCUT2D eigenvalue weighted by atomic mass is 9.91. The minimum Gasteiger partial charge on any atom is -0.479 e. The fourth-order valence-electron chi connectivity index (χ4n) is 10.7. The number of hydrogen-bond donors (Lipinski definition) is 7. The van der Waals surface area contributed by atoms with Crippen molar-refractivity contribution in [3.8, 4) is 33.8 Å². The van der Waals surface area contributed by atoms with E-state index in [1.54, 1.807) is 49.0 Å². The number of aliphatic carboxylic acids is 1. The number of nitrogen functional groups attached to an aromatic ring is 1. The highest BCUT2D eigenvalue weighted by molar-refractivity contribution is 6.16. The third-order valence-electron chi connectivity index (χ3n) is 15.3. The summed E-state index contributed by atoms with van der Waals surface area (Å²) in [6.45, 7) is 7.15. The van der Waals surface area contributed by atoms with Gasteiger partial charge >= 0.3 is 5.97 Å². The van der Waals surface area contributed by atoms with Gasteiger partial charge in [0.25, 0.3) is 5.56 Å². The summed E-state index contributed by atoms with van der Waals surface area (Å²) in [5, 5.41) is 47.7. The molecule has 23 nitrogen and oxygen atoms in total. The van der Waals surface area contributed by atoms with E-state index in [0.29, 0.717) is 33.6 Å². The van der Waals surface area contributed by atoms with Crippen molar-refractivity contribution in [2.45, 2.75) is 77.3 Å². The normalized spacial score (nSPS) is 18.5. The average molecular weight is 1190 g/mol. The van der Waals surface area contributed by atoms with Gasteiger partial charge in [-0.3, -0.25) is 38.3 Å². The number of pyridine rings is 1. The van der Waals surface area contributed by atoms with Gasteiger partial charge in [-0.15, -0.1) is 0 Å². The topological polar surface area (TPSA) is 314 Å². The van der Waals surface area contributed by atoms with Crippen LogP contribution in [0, 0.1) is 19.8 Å². The first-order valence-corrected chi connectivity index (χ1v) is 28.5. The molecule has 5 aromatic carbocycles. The van der Waals surface area contributed by atoms with E-state index in [-0.39, 0.29) is 130 Å². The predicted molar refractivity (Wildman–Crippen MR) is 318 cm³/mol. The summed E-state index contributed by atoms with van der Waals surface area (Å²) in [6, 6.07) is 36.2. The molecule has 2 fully saturated rings. The highest BCUT2D eigenvalue weighted by atomic mass is 16.7. The van der Waals surface area contributed by atoms with Gasteiger partial charge in [-0.2, -0.15) is 4.57 Å². The number of anilines is 2. The van der Waals surface area contributed by atoms with E-state index >= 15 is 0 Å². The number of carbonyl (C=O) groups excluding carboxylic acids is 5. The van der Waals surface area contributed by atoms with Crippen LogP contribution in [-0.2, 0) is 56.5 Å². The van der Waals surface area contributed by atoms with Gasteiger partial charge in [-0.1, -0.05) is 61.5 Å². The van der Waals surface area contributed by atoms with E-state index < -0.39 is 53.9 Å². The summed E-state index contributed by atoms with van der Waals surface area (Å²) in [7, 11) is 1.74. The Morgan fingerprint density at radius 1 is 0.747 bits per heavy atom. The molecule has 9 rings (SSSR count). The van der Waals surface area contributed by atoms with E-state index in [2.05, 4.69) is 10.6 Å². The van der Waals surface area contributed by atoms with Crippen molar-refractivity contribution < 1.29 is 77.4 Å². The van der Waals surface area contributed by atoms with Gasteiger partial charge in [0, 0.05) is 85.5 Å². The third kappa shape index (κ3) is 14.2. The van der Waals surface area contributed by atoms with Gasteiger partial charge in [0.05, 0.1) is 68.9 Å². The lowest BCUT2D eigenvalue weighted by molar-refractivity contribution is -0.668. The van der Waals surface area contributed by atoms with E-state index in [4.69, 9.17) is 29.4 Å². The van der Waals surface area contributed by atoms with Crippen LogP contribution in [0.25, 0.3) is 39.0 Å². The van der Waals surface area contributed by atoms with Gasteiger partial charge in [0.15, 0.2) is 18.3 Å². The number of fused-ring (bicyclic) bond motifs is 1. The summed E-state index contributed by atoms with van der Waals surface area (Å²) < 4.78 is 33.0. The van der Waals surface area contributed by atoms with Crippen molar-refractivity contribution in [3.63, 3.8) is 0 Å². The molecule has 6 atom stereocenters. The summed E-state index contributed by atoms with van der Waals surface area (Å²) >= 11 is 0. The molecule has 8 N–H and O–H groups in total. The predicted octanol–water partition coefficient (Wildman–Crippen LogP) is 3.98. The van der Waals surface area contributed by atoms with E-state index in [1.807, 2.05) is 103 Å². The smallest absolute Gasteiger partial charge is 0.335 e. The van der Waals surface area contributed by atoms with Crippen molar-refractivity contribution in [1.82, 2.24) is 19.6 Å². The summed E-state index contributed by atoms with van der Waals surface area (Å²) in [6.07, 6.45) is -9.56. The van der Waals surface area contributed by atoms with E-state index in [9.17, 15) is 54.0 Å². The first-order chi connectivity index (χ1) is 41.8. The minimum atomic E-state index is -1.97. The molecule has 0 radical (unpaired) electrons. The molecule has 0 aliphatic carbocycles. The van der Waals surface area contributed by atoms with Crippen LogP contribution in [-0.4, -0.2) is 154 Å². The molecule has 2 aliphatic heterocycles. The maximum absolute atomic E-state index is 14.9. The first kappa shape index (κ1) is 62.6. The number of nitrogens with one attached hydrogen (secondary N) is 2. The number of ketones is 1. The number of imide groups is 1. The number of carboxylic acids is 1. The zero-order valence-electron chi connectivity index (χ0n) is 48.6. The number of aromatic nitrogens is 3. The fraction of sp³-hybridized carbons (Fsp3) is 0.344. The lowest BCUT2D eigenvalue weighted by Gasteiger charge is -2.38. The second-order valence-corrected chi connectivity index (χ2v) is 21.4. The van der Waals surface area contributed by atoms with Crippen molar-refractivity contribution in [1.29, 1.82) is 0 Å². The Kier molecular flexibility index (Phi) is 20.2. The van der Waals surface area contributed by atoms with Crippen molar-refractivity contribution in [2.24, 2.45) is 13.0 Å². The monoisotopic (exact) mass is 1190 g/mol. The molecule has 2 aliphatic rings. The van der Waals surface area contributed by atoms with Gasteiger partial charge in [0.1, 0.15) is 29.6 Å². The van der Waals surface area contributed by atoms with Gasteiger partial charge < -0.3 is 60.5 Å². The van der Waals surface area contributed by atoms with Crippen molar-refractivity contribution in [2.75, 3.05) is 63.8 Å². The molecule has 4 heterocycles. The number of nitrogens with zero attached hydrogens (tertiary/aromatic N) is 4. The number of amides is 4. The fourth-order valence-corrected chi connectivity index (χ4v) is 10.7. The number of carbonyl (C=O) groups is 6. The number of ether oxygens (including phenoxy) is 5. The molecule has 1 unspecified atom stereocenters. The number of rotatable bonds is 26. The number of aliphatic hydroxyl groups excluding tert-OH is 3. The van der Waals surface area contributed by atoms with E-state index in [1.165, 1.54) is 15.6 Å². The number of hydrogen-bond acceptors (Lipinski definition) is 16. The first-order valence-electron chi connectivity index (χ1n) is 28.5. The second kappa shape index (κ2) is 28.1. The SMILES string of the molecule is Cc1ccc(C(=O)c2c(-c3ccccc3)n(C)n(-c3ccccc3)c2=O)c(N)c1-c1ccc2c(ccc(C)[n+]2Cc2ccc(O[C@@H]3O[C@H](C(=O)O)[C@@H](O)[C@H](O)[C@H]3O)c(NC(=O)CCNC(=O)CCOCCOCCOCCN3C(=O)CC(C)C3=O)c2)c1. The number of benzene rings is 5. The largest absolute Gasteiger partial charge is 0.479 e. The van der Waals surface area contributed by atoms with Crippen LogP contribution in [0.4, 0.5) is 11.4 Å². The average Bonchev–Trinajstić information content (AvgIpc) is 1.77.